The molecule has 0 bridgehead atoms. The van der Waals surface area contributed by atoms with Crippen LogP contribution in [0.1, 0.15) is 18.4 Å². The van der Waals surface area contributed by atoms with E-state index < -0.39 is 17.9 Å². The number of carbonyl (C=O) groups excluding carboxylic acids is 1. The van der Waals surface area contributed by atoms with Crippen LogP contribution in [0.3, 0.4) is 0 Å². The van der Waals surface area contributed by atoms with Crippen molar-refractivity contribution in [1.29, 1.82) is 0 Å². The summed E-state index contributed by atoms with van der Waals surface area (Å²) in [6.45, 7) is 0.327. The molecule has 1 amide bonds. The summed E-state index contributed by atoms with van der Waals surface area (Å²) in [7, 11) is 0. The van der Waals surface area contributed by atoms with Crippen LogP contribution >= 0.6 is 11.3 Å². The summed E-state index contributed by atoms with van der Waals surface area (Å²) in [5.41, 5.74) is 7.68. The van der Waals surface area contributed by atoms with Crippen molar-refractivity contribution in [1.82, 2.24) is 10.3 Å². The van der Waals surface area contributed by atoms with E-state index in [0.717, 1.165) is 16.1 Å². The number of carbonyl (C=O) groups is 1. The van der Waals surface area contributed by atoms with Crippen LogP contribution in [-0.4, -0.2) is 22.9 Å². The maximum Gasteiger partial charge on any atom is 0.248 e. The van der Waals surface area contributed by atoms with Gasteiger partial charge in [0.05, 0.1) is 6.04 Å². The van der Waals surface area contributed by atoms with E-state index in [1.807, 2.05) is 29.6 Å². The molecule has 0 spiro atoms. The third-order valence-corrected chi connectivity index (χ3v) is 4.85. The molecule has 1 saturated carbocycles. The van der Waals surface area contributed by atoms with Crippen LogP contribution < -0.4 is 11.1 Å². The number of thiazole rings is 1. The first-order valence-electron chi connectivity index (χ1n) is 7.34. The summed E-state index contributed by atoms with van der Waals surface area (Å²) in [5, 5.41) is 5.56. The fourth-order valence-electron chi connectivity index (χ4n) is 2.61. The van der Waals surface area contributed by atoms with Gasteiger partial charge in [-0.3, -0.25) is 4.79 Å². The summed E-state index contributed by atoms with van der Waals surface area (Å²) >= 11 is 1.56. The SMILES string of the molecule is NC(C(=O)NCc1ccc(-c2nccs2)cc1)C1CC(F)(F)C1. The summed E-state index contributed by atoms with van der Waals surface area (Å²) in [4.78, 5) is 16.2. The van der Waals surface area contributed by atoms with Crippen LogP contribution in [0.15, 0.2) is 35.8 Å². The fraction of sp³-hybridized carbons (Fsp3) is 0.375. The number of amides is 1. The van der Waals surface area contributed by atoms with Gasteiger partial charge in [0.1, 0.15) is 5.01 Å². The van der Waals surface area contributed by atoms with E-state index in [0.29, 0.717) is 6.54 Å². The van der Waals surface area contributed by atoms with Gasteiger partial charge in [-0.25, -0.2) is 13.8 Å². The second kappa shape index (κ2) is 6.33. The number of benzene rings is 1. The molecule has 0 radical (unpaired) electrons. The molecular weight excluding hydrogens is 320 g/mol. The number of aromatic nitrogens is 1. The molecule has 3 N–H and O–H groups in total. The summed E-state index contributed by atoms with van der Waals surface area (Å²) in [6, 6.07) is 6.81. The highest BCUT2D eigenvalue weighted by molar-refractivity contribution is 7.13. The molecule has 7 heteroatoms. The number of nitrogens with two attached hydrogens (primary N) is 1. The van der Waals surface area contributed by atoms with E-state index in [1.54, 1.807) is 17.5 Å². The molecule has 4 nitrogen and oxygen atoms in total. The highest BCUT2D eigenvalue weighted by Crippen LogP contribution is 2.43. The molecule has 23 heavy (non-hydrogen) atoms. The van der Waals surface area contributed by atoms with Crippen LogP contribution in [0.25, 0.3) is 10.6 Å². The molecule has 2 aromatic rings. The van der Waals surface area contributed by atoms with Crippen LogP contribution in [0.2, 0.25) is 0 Å². The van der Waals surface area contributed by atoms with Crippen molar-refractivity contribution in [3.05, 3.63) is 41.4 Å². The summed E-state index contributed by atoms with van der Waals surface area (Å²) in [5.74, 6) is -3.47. The summed E-state index contributed by atoms with van der Waals surface area (Å²) in [6.07, 6.45) is 1.15. The highest BCUT2D eigenvalue weighted by atomic mass is 32.1. The number of hydrogen-bond acceptors (Lipinski definition) is 4. The zero-order chi connectivity index (χ0) is 16.4. The van der Waals surface area contributed by atoms with Gasteiger partial charge in [0.15, 0.2) is 0 Å². The third-order valence-electron chi connectivity index (χ3n) is 4.03. The lowest BCUT2D eigenvalue weighted by atomic mass is 9.76. The van der Waals surface area contributed by atoms with E-state index in [4.69, 9.17) is 5.73 Å². The average molecular weight is 337 g/mol. The molecular formula is C16H17F2N3OS. The Bertz CT molecular complexity index is 665. The van der Waals surface area contributed by atoms with Gasteiger partial charge in [-0.2, -0.15) is 0 Å². The van der Waals surface area contributed by atoms with Gasteiger partial charge in [0.25, 0.3) is 0 Å². The van der Waals surface area contributed by atoms with Crippen LogP contribution in [-0.2, 0) is 11.3 Å². The lowest BCUT2D eigenvalue weighted by Crippen LogP contribution is -2.52. The van der Waals surface area contributed by atoms with Crippen molar-refractivity contribution in [3.63, 3.8) is 0 Å². The zero-order valence-electron chi connectivity index (χ0n) is 12.3. The molecule has 0 saturated heterocycles. The zero-order valence-corrected chi connectivity index (χ0v) is 13.2. The van der Waals surface area contributed by atoms with E-state index in [-0.39, 0.29) is 18.7 Å². The first-order valence-corrected chi connectivity index (χ1v) is 8.22. The standard InChI is InChI=1S/C16H17F2N3OS/c17-16(18)7-12(8-16)13(19)14(22)21-9-10-1-3-11(4-2-10)15-20-5-6-23-15/h1-6,12-13H,7-9,19H2,(H,21,22). The molecule has 1 unspecified atom stereocenters. The van der Waals surface area contributed by atoms with E-state index in [9.17, 15) is 13.6 Å². The maximum atomic E-state index is 12.8. The number of halogens is 2. The van der Waals surface area contributed by atoms with Crippen molar-refractivity contribution in [2.24, 2.45) is 11.7 Å². The van der Waals surface area contributed by atoms with Crippen molar-refractivity contribution in [2.45, 2.75) is 31.4 Å². The second-order valence-electron chi connectivity index (χ2n) is 5.80. The van der Waals surface area contributed by atoms with Gasteiger partial charge >= 0.3 is 0 Å². The minimum atomic E-state index is -2.66. The minimum absolute atomic E-state index is 0.301. The smallest absolute Gasteiger partial charge is 0.248 e. The van der Waals surface area contributed by atoms with Crippen LogP contribution in [0.4, 0.5) is 8.78 Å². The maximum absolute atomic E-state index is 12.8. The Hall–Kier alpha value is -1.86. The number of nitrogens with zero attached hydrogens (tertiary/aromatic N) is 1. The highest BCUT2D eigenvalue weighted by Gasteiger charge is 2.49. The van der Waals surface area contributed by atoms with E-state index in [2.05, 4.69) is 10.3 Å². The largest absolute Gasteiger partial charge is 0.351 e. The van der Waals surface area contributed by atoms with E-state index in [1.165, 1.54) is 0 Å². The predicted molar refractivity (Wildman–Crippen MR) is 85.0 cm³/mol. The average Bonchev–Trinajstić information content (AvgIpc) is 3.04. The van der Waals surface area contributed by atoms with Gasteiger partial charge < -0.3 is 11.1 Å². The first-order chi connectivity index (χ1) is 10.9. The molecule has 1 aromatic heterocycles. The lowest BCUT2D eigenvalue weighted by Gasteiger charge is -2.37. The topological polar surface area (TPSA) is 68.0 Å². The molecule has 1 aliphatic carbocycles. The Kier molecular flexibility index (Phi) is 4.41. The van der Waals surface area contributed by atoms with Crippen molar-refractivity contribution < 1.29 is 13.6 Å². The van der Waals surface area contributed by atoms with Gasteiger partial charge in [-0.05, 0) is 11.5 Å². The number of nitrogens with one attached hydrogen (secondary N) is 1. The summed E-state index contributed by atoms with van der Waals surface area (Å²) < 4.78 is 25.7. The fourth-order valence-corrected chi connectivity index (χ4v) is 3.26. The van der Waals surface area contributed by atoms with Crippen LogP contribution in [0, 0.1) is 5.92 Å². The normalized spacial score (nSPS) is 18.2. The van der Waals surface area contributed by atoms with Gasteiger partial charge in [0.2, 0.25) is 11.8 Å². The molecule has 1 aliphatic rings. The van der Waals surface area contributed by atoms with E-state index >= 15 is 0 Å². The Morgan fingerprint density at radius 3 is 2.65 bits per heavy atom. The van der Waals surface area contributed by atoms with Crippen molar-refractivity contribution in [3.8, 4) is 10.6 Å². The lowest BCUT2D eigenvalue weighted by molar-refractivity contribution is -0.137. The molecule has 1 aromatic carbocycles. The number of alkyl halides is 2. The first kappa shape index (κ1) is 16.0. The molecule has 1 fully saturated rings. The number of hydrogen-bond donors (Lipinski definition) is 2. The molecule has 1 heterocycles. The van der Waals surface area contributed by atoms with Gasteiger partial charge in [-0.1, -0.05) is 24.3 Å². The molecule has 1 atom stereocenters. The Balaban J connectivity index is 1.51. The van der Waals surface area contributed by atoms with Crippen molar-refractivity contribution in [2.75, 3.05) is 0 Å². The monoisotopic (exact) mass is 337 g/mol. The van der Waals surface area contributed by atoms with Crippen LogP contribution in [0.5, 0.6) is 0 Å². The number of rotatable bonds is 5. The van der Waals surface area contributed by atoms with Gasteiger partial charge in [-0.15, -0.1) is 11.3 Å². The third kappa shape index (κ3) is 3.73. The molecule has 122 valence electrons. The molecule has 0 aliphatic heterocycles. The quantitative estimate of drug-likeness (QED) is 0.881. The Labute approximate surface area is 136 Å². The minimum Gasteiger partial charge on any atom is -0.351 e. The Morgan fingerprint density at radius 2 is 2.09 bits per heavy atom. The van der Waals surface area contributed by atoms with Crippen molar-refractivity contribution >= 4 is 17.2 Å². The van der Waals surface area contributed by atoms with Gasteiger partial charge in [0, 0.05) is 36.5 Å². The second-order valence-corrected chi connectivity index (χ2v) is 6.70. The Morgan fingerprint density at radius 1 is 1.39 bits per heavy atom. The molecule has 3 rings (SSSR count). The predicted octanol–water partition coefficient (Wildman–Crippen LogP) is 2.80.